The summed E-state index contributed by atoms with van der Waals surface area (Å²) in [6.45, 7) is 5.38. The molecule has 5 nitrogen and oxygen atoms in total. The topological polar surface area (TPSA) is 66.5 Å². The number of hydrogen-bond donors (Lipinski definition) is 1. The molecule has 0 radical (unpaired) electrons. The second-order valence-electron chi connectivity index (χ2n) is 5.00. The molecule has 6 heteroatoms. The molecule has 0 aliphatic carbocycles. The lowest BCUT2D eigenvalue weighted by molar-refractivity contribution is 0.0770. The largest absolute Gasteiger partial charge is 0.385 e. The van der Waals surface area contributed by atoms with E-state index in [4.69, 9.17) is 0 Å². The molecule has 0 unspecified atom stereocenters. The van der Waals surface area contributed by atoms with Gasteiger partial charge in [0.15, 0.2) is 9.84 Å². The number of sulfone groups is 1. The molecule has 1 heterocycles. The van der Waals surface area contributed by atoms with E-state index in [1.165, 1.54) is 0 Å². The van der Waals surface area contributed by atoms with Gasteiger partial charge in [-0.25, -0.2) is 8.42 Å². The molecule has 1 aliphatic heterocycles. The number of amides is 1. The van der Waals surface area contributed by atoms with Crippen LogP contribution in [0, 0.1) is 6.92 Å². The number of aryl methyl sites for hydroxylation is 1. The summed E-state index contributed by atoms with van der Waals surface area (Å²) < 4.78 is 22.8. The fourth-order valence-corrected chi connectivity index (χ4v) is 3.48. The van der Waals surface area contributed by atoms with Gasteiger partial charge in [0.1, 0.15) is 0 Å². The van der Waals surface area contributed by atoms with Gasteiger partial charge in [-0.05, 0) is 37.6 Å². The Morgan fingerprint density at radius 1 is 1.30 bits per heavy atom. The van der Waals surface area contributed by atoms with Gasteiger partial charge in [-0.2, -0.15) is 0 Å². The first-order chi connectivity index (χ1) is 9.43. The minimum absolute atomic E-state index is 0.0627. The quantitative estimate of drug-likeness (QED) is 0.913. The molecule has 0 spiro atoms. The lowest BCUT2D eigenvalue weighted by Gasteiger charge is -2.27. The number of carbonyl (C=O) groups excluding carboxylic acids is 1. The highest BCUT2D eigenvalue weighted by atomic mass is 32.2. The summed E-state index contributed by atoms with van der Waals surface area (Å²) in [5.41, 5.74) is 2.65. The molecule has 1 aromatic carbocycles. The van der Waals surface area contributed by atoms with Crippen LogP contribution in [-0.4, -0.2) is 50.4 Å². The van der Waals surface area contributed by atoms with E-state index in [9.17, 15) is 13.2 Å². The first kappa shape index (κ1) is 14.8. The number of hydrogen-bond acceptors (Lipinski definition) is 4. The maximum Gasteiger partial charge on any atom is 0.253 e. The number of nitrogens with one attached hydrogen (secondary N) is 1. The fraction of sp³-hybridized carbons (Fsp3) is 0.500. The lowest BCUT2D eigenvalue weighted by atomic mass is 10.1. The van der Waals surface area contributed by atoms with E-state index in [-0.39, 0.29) is 30.5 Å². The monoisotopic (exact) mass is 296 g/mol. The molecular weight excluding hydrogens is 276 g/mol. The maximum absolute atomic E-state index is 12.3. The van der Waals surface area contributed by atoms with Crippen LogP contribution < -0.4 is 5.32 Å². The predicted octanol–water partition coefficient (Wildman–Crippen LogP) is 1.30. The molecule has 1 N–H and O–H groups in total. The third kappa shape index (κ3) is 3.30. The van der Waals surface area contributed by atoms with E-state index in [2.05, 4.69) is 5.32 Å². The van der Waals surface area contributed by atoms with Gasteiger partial charge in [-0.1, -0.05) is 0 Å². The second-order valence-corrected chi connectivity index (χ2v) is 7.31. The summed E-state index contributed by atoms with van der Waals surface area (Å²) in [6.07, 6.45) is 0. The third-order valence-electron chi connectivity index (χ3n) is 3.47. The molecule has 0 bridgehead atoms. The number of benzene rings is 1. The standard InChI is InChI=1S/C14H20N2O3S/c1-3-15-13-5-4-12(10-11(13)2)14(17)16-6-8-20(18,19)9-7-16/h4-5,10,15H,3,6-9H2,1-2H3. The second kappa shape index (κ2) is 5.83. The van der Waals surface area contributed by atoms with E-state index < -0.39 is 9.84 Å². The van der Waals surface area contributed by atoms with Crippen molar-refractivity contribution in [3.8, 4) is 0 Å². The first-order valence-electron chi connectivity index (χ1n) is 6.77. The van der Waals surface area contributed by atoms with Crippen molar-refractivity contribution in [3.05, 3.63) is 29.3 Å². The molecule has 1 fully saturated rings. The minimum atomic E-state index is -2.96. The van der Waals surface area contributed by atoms with Gasteiger partial charge in [0.25, 0.3) is 5.91 Å². The van der Waals surface area contributed by atoms with Crippen LogP contribution in [0.25, 0.3) is 0 Å². The Morgan fingerprint density at radius 2 is 1.95 bits per heavy atom. The Bertz CT molecular complexity index is 597. The normalized spacial score (nSPS) is 17.8. The maximum atomic E-state index is 12.3. The summed E-state index contributed by atoms with van der Waals surface area (Å²) in [6, 6.07) is 5.53. The molecule has 0 atom stereocenters. The molecule has 1 saturated heterocycles. The van der Waals surface area contributed by atoms with Crippen LogP contribution in [0.2, 0.25) is 0 Å². The van der Waals surface area contributed by atoms with Gasteiger partial charge in [0, 0.05) is 30.9 Å². The average Bonchev–Trinajstić information content (AvgIpc) is 2.40. The van der Waals surface area contributed by atoms with Crippen LogP contribution in [0.4, 0.5) is 5.69 Å². The minimum Gasteiger partial charge on any atom is -0.385 e. The van der Waals surface area contributed by atoms with E-state index in [1.807, 2.05) is 26.0 Å². The summed E-state index contributed by atoms with van der Waals surface area (Å²) >= 11 is 0. The van der Waals surface area contributed by atoms with Crippen molar-refractivity contribution >= 4 is 21.4 Å². The highest BCUT2D eigenvalue weighted by molar-refractivity contribution is 7.91. The van der Waals surface area contributed by atoms with Crippen LogP contribution >= 0.6 is 0 Å². The third-order valence-corrected chi connectivity index (χ3v) is 5.08. The van der Waals surface area contributed by atoms with E-state index in [0.29, 0.717) is 5.56 Å². The number of anilines is 1. The van der Waals surface area contributed by atoms with Gasteiger partial charge in [-0.15, -0.1) is 0 Å². The number of carbonyl (C=O) groups is 1. The molecule has 110 valence electrons. The van der Waals surface area contributed by atoms with E-state index in [1.54, 1.807) is 11.0 Å². The van der Waals surface area contributed by atoms with Crippen molar-refractivity contribution in [1.82, 2.24) is 4.90 Å². The van der Waals surface area contributed by atoms with E-state index >= 15 is 0 Å². The van der Waals surface area contributed by atoms with Crippen LogP contribution in [0.1, 0.15) is 22.8 Å². The molecule has 20 heavy (non-hydrogen) atoms. The Labute approximate surface area is 119 Å². The van der Waals surface area contributed by atoms with Gasteiger partial charge in [0.2, 0.25) is 0 Å². The Morgan fingerprint density at radius 3 is 2.50 bits per heavy atom. The van der Waals surface area contributed by atoms with Crippen molar-refractivity contribution in [2.24, 2.45) is 0 Å². The smallest absolute Gasteiger partial charge is 0.253 e. The Balaban J connectivity index is 2.12. The van der Waals surface area contributed by atoms with Crippen molar-refractivity contribution in [1.29, 1.82) is 0 Å². The molecule has 0 saturated carbocycles. The molecule has 1 aliphatic rings. The van der Waals surface area contributed by atoms with Crippen molar-refractivity contribution in [3.63, 3.8) is 0 Å². The first-order valence-corrected chi connectivity index (χ1v) is 8.59. The van der Waals surface area contributed by atoms with Crippen LogP contribution in [0.15, 0.2) is 18.2 Å². The number of rotatable bonds is 3. The average molecular weight is 296 g/mol. The van der Waals surface area contributed by atoms with Gasteiger partial charge < -0.3 is 10.2 Å². The van der Waals surface area contributed by atoms with Crippen molar-refractivity contribution in [2.75, 3.05) is 36.5 Å². The van der Waals surface area contributed by atoms with Crippen LogP contribution in [0.5, 0.6) is 0 Å². The van der Waals surface area contributed by atoms with Crippen molar-refractivity contribution < 1.29 is 13.2 Å². The lowest BCUT2D eigenvalue weighted by Crippen LogP contribution is -2.43. The van der Waals surface area contributed by atoms with Crippen molar-refractivity contribution in [2.45, 2.75) is 13.8 Å². The highest BCUT2D eigenvalue weighted by Crippen LogP contribution is 2.18. The molecule has 1 aromatic rings. The van der Waals surface area contributed by atoms with E-state index in [0.717, 1.165) is 17.8 Å². The van der Waals surface area contributed by atoms with Gasteiger partial charge in [-0.3, -0.25) is 4.79 Å². The molecular formula is C14H20N2O3S. The summed E-state index contributed by atoms with van der Waals surface area (Å²) in [5, 5.41) is 3.23. The number of nitrogens with zero attached hydrogens (tertiary/aromatic N) is 1. The van der Waals surface area contributed by atoms with Crippen LogP contribution in [0.3, 0.4) is 0 Å². The summed E-state index contributed by atoms with van der Waals surface area (Å²) in [7, 11) is -2.96. The fourth-order valence-electron chi connectivity index (χ4n) is 2.28. The zero-order chi connectivity index (χ0) is 14.8. The molecule has 0 aromatic heterocycles. The zero-order valence-electron chi connectivity index (χ0n) is 11.8. The highest BCUT2D eigenvalue weighted by Gasteiger charge is 2.25. The van der Waals surface area contributed by atoms with Gasteiger partial charge in [0.05, 0.1) is 11.5 Å². The van der Waals surface area contributed by atoms with Crippen LogP contribution in [-0.2, 0) is 9.84 Å². The molecule has 2 rings (SSSR count). The molecule has 1 amide bonds. The zero-order valence-corrected chi connectivity index (χ0v) is 12.7. The summed E-state index contributed by atoms with van der Waals surface area (Å²) in [5.74, 6) is 0.0338. The predicted molar refractivity (Wildman–Crippen MR) is 79.9 cm³/mol. The Kier molecular flexibility index (Phi) is 4.32. The van der Waals surface area contributed by atoms with Gasteiger partial charge >= 0.3 is 0 Å². The SMILES string of the molecule is CCNc1ccc(C(=O)N2CCS(=O)(=O)CC2)cc1C. The Hall–Kier alpha value is -1.56. The summed E-state index contributed by atoms with van der Waals surface area (Å²) in [4.78, 5) is 14.0.